The zero-order chi connectivity index (χ0) is 12.8. The molecule has 0 unspecified atom stereocenters. The number of hydrogen-bond acceptors (Lipinski definition) is 1. The normalized spacial score (nSPS) is 12.1. The van der Waals surface area contributed by atoms with E-state index in [-0.39, 0.29) is 10.9 Å². The van der Waals surface area contributed by atoms with Gasteiger partial charge in [0.2, 0.25) is 0 Å². The number of alkyl halides is 3. The molecule has 1 aromatic heterocycles. The van der Waals surface area contributed by atoms with Crippen LogP contribution in [0.3, 0.4) is 0 Å². The third-order valence-corrected chi connectivity index (χ3v) is 2.62. The van der Waals surface area contributed by atoms with Crippen molar-refractivity contribution in [2.45, 2.75) is 13.1 Å². The summed E-state index contributed by atoms with van der Waals surface area (Å²) in [6.07, 6.45) is -4.57. The van der Waals surface area contributed by atoms with Crippen molar-refractivity contribution < 1.29 is 13.2 Å². The Morgan fingerprint density at radius 2 is 1.88 bits per heavy atom. The Kier molecular flexibility index (Phi) is 2.66. The molecule has 0 aliphatic rings. The average molecular weight is 262 g/mol. The standard InChI is InChI=1S/C11H7ClF3NO/c1-5-2-6(12)3-7-8(17)4-9(11(13,14)15)16-10(5)7/h2-4H,1H3,(H,16,17). The molecule has 0 radical (unpaired) electrons. The first kappa shape index (κ1) is 12.0. The summed E-state index contributed by atoms with van der Waals surface area (Å²) in [5.74, 6) is 0. The predicted molar refractivity (Wildman–Crippen MR) is 59.3 cm³/mol. The number of hydrogen-bond donors (Lipinski definition) is 1. The Labute approximate surface area is 99.0 Å². The highest BCUT2D eigenvalue weighted by Gasteiger charge is 2.32. The molecule has 2 nitrogen and oxygen atoms in total. The smallest absolute Gasteiger partial charge is 0.351 e. The fourth-order valence-corrected chi connectivity index (χ4v) is 1.91. The summed E-state index contributed by atoms with van der Waals surface area (Å²) in [5.41, 5.74) is -1.10. The predicted octanol–water partition coefficient (Wildman–Crippen LogP) is 3.51. The lowest BCUT2D eigenvalue weighted by atomic mass is 10.1. The molecule has 0 aliphatic carbocycles. The van der Waals surface area contributed by atoms with Crippen LogP contribution >= 0.6 is 11.6 Å². The molecule has 2 rings (SSSR count). The molecular formula is C11H7ClF3NO. The highest BCUT2D eigenvalue weighted by Crippen LogP contribution is 2.29. The molecule has 90 valence electrons. The van der Waals surface area contributed by atoms with Crippen LogP contribution in [0.25, 0.3) is 10.9 Å². The minimum absolute atomic E-state index is 0.156. The lowest BCUT2D eigenvalue weighted by Crippen LogP contribution is -2.14. The number of H-pyrrole nitrogens is 1. The maximum atomic E-state index is 12.5. The van der Waals surface area contributed by atoms with Crippen LogP contribution in [-0.4, -0.2) is 4.98 Å². The van der Waals surface area contributed by atoms with Gasteiger partial charge in [0.05, 0.1) is 5.52 Å². The molecule has 1 aromatic carbocycles. The van der Waals surface area contributed by atoms with Gasteiger partial charge in [-0.05, 0) is 24.6 Å². The van der Waals surface area contributed by atoms with E-state index in [9.17, 15) is 18.0 Å². The minimum Gasteiger partial charge on any atom is -0.351 e. The third-order valence-electron chi connectivity index (χ3n) is 2.41. The molecule has 0 fully saturated rings. The van der Waals surface area contributed by atoms with Gasteiger partial charge in [0.1, 0.15) is 5.69 Å². The first-order chi connectivity index (χ1) is 7.79. The Morgan fingerprint density at radius 3 is 2.47 bits per heavy atom. The van der Waals surface area contributed by atoms with Crippen LogP contribution in [0.15, 0.2) is 23.0 Å². The molecule has 0 spiro atoms. The number of pyridine rings is 1. The number of benzene rings is 1. The second-order valence-corrected chi connectivity index (χ2v) is 4.13. The molecule has 2 aromatic rings. The quantitative estimate of drug-likeness (QED) is 0.773. The zero-order valence-corrected chi connectivity index (χ0v) is 9.41. The molecule has 0 aliphatic heterocycles. The van der Waals surface area contributed by atoms with E-state index in [1.807, 2.05) is 0 Å². The Balaban J connectivity index is 2.88. The van der Waals surface area contributed by atoms with E-state index >= 15 is 0 Å². The first-order valence-corrected chi connectivity index (χ1v) is 5.07. The maximum Gasteiger partial charge on any atom is 0.431 e. The van der Waals surface area contributed by atoms with Gasteiger partial charge in [-0.3, -0.25) is 4.79 Å². The summed E-state index contributed by atoms with van der Waals surface area (Å²) in [6, 6.07) is 3.39. The second kappa shape index (κ2) is 3.77. The van der Waals surface area contributed by atoms with Gasteiger partial charge in [-0.25, -0.2) is 0 Å². The number of halogens is 4. The number of rotatable bonds is 0. The van der Waals surface area contributed by atoms with Gasteiger partial charge >= 0.3 is 6.18 Å². The summed E-state index contributed by atoms with van der Waals surface area (Å²) in [7, 11) is 0. The maximum absolute atomic E-state index is 12.5. The number of nitrogens with one attached hydrogen (secondary N) is 1. The summed E-state index contributed by atoms with van der Waals surface area (Å²) >= 11 is 5.75. The van der Waals surface area contributed by atoms with Crippen molar-refractivity contribution >= 4 is 22.5 Å². The van der Waals surface area contributed by atoms with E-state index in [1.54, 1.807) is 6.92 Å². The molecule has 0 amide bonds. The summed E-state index contributed by atoms with van der Waals surface area (Å²) in [4.78, 5) is 13.8. The highest BCUT2D eigenvalue weighted by molar-refractivity contribution is 6.31. The average Bonchev–Trinajstić information content (AvgIpc) is 2.17. The topological polar surface area (TPSA) is 32.9 Å². The van der Waals surface area contributed by atoms with Crippen molar-refractivity contribution in [1.29, 1.82) is 0 Å². The molecule has 0 bridgehead atoms. The Morgan fingerprint density at radius 1 is 1.24 bits per heavy atom. The zero-order valence-electron chi connectivity index (χ0n) is 8.65. The fraction of sp³-hybridized carbons (Fsp3) is 0.182. The molecule has 0 saturated heterocycles. The van der Waals surface area contributed by atoms with Crippen molar-refractivity contribution in [2.24, 2.45) is 0 Å². The molecule has 1 N–H and O–H groups in total. The van der Waals surface area contributed by atoms with E-state index in [1.165, 1.54) is 12.1 Å². The van der Waals surface area contributed by atoms with E-state index in [0.717, 1.165) is 0 Å². The Hall–Kier alpha value is -1.49. The lowest BCUT2D eigenvalue weighted by molar-refractivity contribution is -0.141. The van der Waals surface area contributed by atoms with Crippen LogP contribution in [0.5, 0.6) is 0 Å². The van der Waals surface area contributed by atoms with Crippen LogP contribution in [0.2, 0.25) is 5.02 Å². The summed E-state index contributed by atoms with van der Waals surface area (Å²) in [5, 5.41) is 0.475. The van der Waals surface area contributed by atoms with Crippen LogP contribution in [0, 0.1) is 6.92 Å². The van der Waals surface area contributed by atoms with Crippen LogP contribution in [0.1, 0.15) is 11.3 Å². The van der Waals surface area contributed by atoms with Crippen molar-refractivity contribution in [3.63, 3.8) is 0 Å². The van der Waals surface area contributed by atoms with E-state index in [0.29, 0.717) is 16.7 Å². The van der Waals surface area contributed by atoms with Gasteiger partial charge in [0, 0.05) is 16.5 Å². The SMILES string of the molecule is Cc1cc(Cl)cc2c(=O)cc(C(F)(F)F)[nH]c12. The fourth-order valence-electron chi connectivity index (χ4n) is 1.64. The van der Waals surface area contributed by atoms with Crippen molar-refractivity contribution in [1.82, 2.24) is 4.98 Å². The summed E-state index contributed by atoms with van der Waals surface area (Å²) < 4.78 is 37.5. The van der Waals surface area contributed by atoms with Gasteiger partial charge in [0.25, 0.3) is 0 Å². The molecule has 6 heteroatoms. The van der Waals surface area contributed by atoms with Crippen LogP contribution in [0.4, 0.5) is 13.2 Å². The second-order valence-electron chi connectivity index (χ2n) is 3.69. The first-order valence-electron chi connectivity index (χ1n) is 4.69. The molecule has 1 heterocycles. The van der Waals surface area contributed by atoms with Gasteiger partial charge in [-0.15, -0.1) is 0 Å². The minimum atomic E-state index is -4.57. The van der Waals surface area contributed by atoms with E-state index in [2.05, 4.69) is 4.98 Å². The lowest BCUT2D eigenvalue weighted by Gasteiger charge is -2.09. The highest BCUT2D eigenvalue weighted by atomic mass is 35.5. The third kappa shape index (κ3) is 2.15. The molecule has 0 saturated carbocycles. The van der Waals surface area contributed by atoms with Crippen LogP contribution < -0.4 is 5.43 Å². The molecule has 17 heavy (non-hydrogen) atoms. The van der Waals surface area contributed by atoms with E-state index in [4.69, 9.17) is 11.6 Å². The van der Waals surface area contributed by atoms with E-state index < -0.39 is 17.3 Å². The van der Waals surface area contributed by atoms with Gasteiger partial charge < -0.3 is 4.98 Å². The van der Waals surface area contributed by atoms with Crippen molar-refractivity contribution in [2.75, 3.05) is 0 Å². The number of aromatic amines is 1. The number of fused-ring (bicyclic) bond motifs is 1. The largest absolute Gasteiger partial charge is 0.431 e. The van der Waals surface area contributed by atoms with Gasteiger partial charge in [-0.1, -0.05) is 11.6 Å². The molecule has 0 atom stereocenters. The molecular weight excluding hydrogens is 255 g/mol. The monoisotopic (exact) mass is 261 g/mol. The van der Waals surface area contributed by atoms with Gasteiger partial charge in [0.15, 0.2) is 5.43 Å². The van der Waals surface area contributed by atoms with Crippen molar-refractivity contribution in [3.8, 4) is 0 Å². The van der Waals surface area contributed by atoms with Gasteiger partial charge in [-0.2, -0.15) is 13.2 Å². The Bertz CT molecular complexity index is 645. The van der Waals surface area contributed by atoms with Crippen molar-refractivity contribution in [3.05, 3.63) is 44.7 Å². The van der Waals surface area contributed by atoms with Crippen LogP contribution in [-0.2, 0) is 6.18 Å². The summed E-state index contributed by atoms with van der Waals surface area (Å²) in [6.45, 7) is 1.59. The number of aromatic nitrogens is 1. The number of aryl methyl sites for hydroxylation is 1.